The van der Waals surface area contributed by atoms with Gasteiger partial charge in [-0.1, -0.05) is 0 Å². The van der Waals surface area contributed by atoms with Gasteiger partial charge in [-0.3, -0.25) is 4.79 Å². The minimum absolute atomic E-state index is 0.188. The summed E-state index contributed by atoms with van der Waals surface area (Å²) in [6.45, 7) is 7.24. The second-order valence-corrected chi connectivity index (χ2v) is 5.97. The van der Waals surface area contributed by atoms with Crippen molar-refractivity contribution >= 4 is 17.8 Å². The van der Waals surface area contributed by atoms with E-state index >= 15 is 0 Å². The smallest absolute Gasteiger partial charge is 0.347 e. The molecule has 2 heterocycles. The molecule has 1 atom stereocenters. The Morgan fingerprint density at radius 1 is 1.23 bits per heavy atom. The minimum atomic E-state index is -0.759. The van der Waals surface area contributed by atoms with Gasteiger partial charge in [0.25, 0.3) is 0 Å². The van der Waals surface area contributed by atoms with E-state index in [0.717, 1.165) is 5.76 Å². The van der Waals surface area contributed by atoms with E-state index in [1.165, 1.54) is 0 Å². The predicted octanol–water partition coefficient (Wildman–Crippen LogP) is 3.84. The second-order valence-electron chi connectivity index (χ2n) is 5.97. The summed E-state index contributed by atoms with van der Waals surface area (Å²) in [6, 6.07) is 6.87. The van der Waals surface area contributed by atoms with Crippen LogP contribution in [-0.2, 0) is 9.53 Å². The highest BCUT2D eigenvalue weighted by Crippen LogP contribution is 2.39. The van der Waals surface area contributed by atoms with Crippen LogP contribution in [0.4, 0.5) is 0 Å². The van der Waals surface area contributed by atoms with Crippen LogP contribution >= 0.6 is 0 Å². The molecule has 1 aromatic heterocycles. The lowest BCUT2D eigenvalue weighted by Gasteiger charge is -2.16. The molecule has 0 bridgehead atoms. The quantitative estimate of drug-likeness (QED) is 0.598. The molecular formula is C20H20O6. The molecular weight excluding hydrogens is 336 g/mol. The molecule has 0 spiro atoms. The molecule has 0 amide bonds. The number of allylic oxidation sites excluding steroid dienone is 1. The van der Waals surface area contributed by atoms with Gasteiger partial charge in [0, 0.05) is 11.6 Å². The number of carbonyl (C=O) groups excluding carboxylic acids is 2. The lowest BCUT2D eigenvalue weighted by atomic mass is 10.1. The van der Waals surface area contributed by atoms with Crippen LogP contribution in [0.2, 0.25) is 0 Å². The van der Waals surface area contributed by atoms with Crippen molar-refractivity contribution in [2.24, 2.45) is 0 Å². The number of aryl methyl sites for hydroxylation is 1. The maximum atomic E-state index is 12.5. The molecule has 3 rings (SSSR count). The molecule has 0 saturated carbocycles. The van der Waals surface area contributed by atoms with Gasteiger partial charge in [0.2, 0.25) is 5.78 Å². The van der Waals surface area contributed by atoms with Crippen molar-refractivity contribution in [3.63, 3.8) is 0 Å². The van der Waals surface area contributed by atoms with Crippen LogP contribution in [0.5, 0.6) is 11.5 Å². The van der Waals surface area contributed by atoms with Crippen molar-refractivity contribution in [1.29, 1.82) is 0 Å². The molecule has 6 heteroatoms. The number of benzene rings is 1. The molecule has 0 radical (unpaired) electrons. The van der Waals surface area contributed by atoms with E-state index in [2.05, 4.69) is 0 Å². The zero-order valence-corrected chi connectivity index (χ0v) is 15.1. The first-order valence-electron chi connectivity index (χ1n) is 8.38. The van der Waals surface area contributed by atoms with E-state index in [9.17, 15) is 9.59 Å². The monoisotopic (exact) mass is 356 g/mol. The molecule has 0 N–H and O–H groups in total. The van der Waals surface area contributed by atoms with Gasteiger partial charge >= 0.3 is 5.97 Å². The van der Waals surface area contributed by atoms with Crippen LogP contribution in [-0.4, -0.2) is 24.5 Å². The average molecular weight is 356 g/mol. The summed E-state index contributed by atoms with van der Waals surface area (Å²) in [6.07, 6.45) is 0.807. The summed E-state index contributed by atoms with van der Waals surface area (Å²) in [5.41, 5.74) is 1.10. The van der Waals surface area contributed by atoms with Crippen molar-refractivity contribution in [2.45, 2.75) is 33.8 Å². The number of furan rings is 1. The zero-order valence-electron chi connectivity index (χ0n) is 15.1. The molecule has 6 nitrogen and oxygen atoms in total. The first-order chi connectivity index (χ1) is 12.4. The van der Waals surface area contributed by atoms with Crippen LogP contribution < -0.4 is 9.47 Å². The standard InChI is InChI=1S/C20H20O6/c1-5-23-20(22)13(4)25-16-9-8-15-18(21)17(26-19(15)12(16)3)10-14-7-6-11(2)24-14/h6-10,13H,5H2,1-4H3/b17-10-. The van der Waals surface area contributed by atoms with E-state index in [4.69, 9.17) is 18.6 Å². The minimum Gasteiger partial charge on any atom is -0.479 e. The number of ether oxygens (including phenoxy) is 3. The number of fused-ring (bicyclic) bond motifs is 1. The summed E-state index contributed by atoms with van der Waals surface area (Å²) in [5, 5.41) is 0. The van der Waals surface area contributed by atoms with Crippen LogP contribution in [0.1, 0.15) is 41.3 Å². The Labute approximate surface area is 151 Å². The fraction of sp³-hybridized carbons (Fsp3) is 0.300. The predicted molar refractivity (Wildman–Crippen MR) is 94.3 cm³/mol. The molecule has 2 aromatic rings. The Morgan fingerprint density at radius 3 is 2.65 bits per heavy atom. The number of hydrogen-bond acceptors (Lipinski definition) is 6. The highest BCUT2D eigenvalue weighted by atomic mass is 16.6. The number of rotatable bonds is 5. The maximum absolute atomic E-state index is 12.5. The van der Waals surface area contributed by atoms with Gasteiger partial charge in [-0.15, -0.1) is 0 Å². The van der Waals surface area contributed by atoms with Crippen molar-refractivity contribution < 1.29 is 28.2 Å². The van der Waals surface area contributed by atoms with E-state index in [1.807, 2.05) is 13.0 Å². The van der Waals surface area contributed by atoms with Crippen LogP contribution in [0.15, 0.2) is 34.4 Å². The Hall–Kier alpha value is -3.02. The number of carbonyl (C=O) groups is 2. The van der Waals surface area contributed by atoms with Gasteiger partial charge in [-0.25, -0.2) is 4.79 Å². The number of hydrogen-bond donors (Lipinski definition) is 0. The zero-order chi connectivity index (χ0) is 18.8. The van der Waals surface area contributed by atoms with Gasteiger partial charge in [-0.2, -0.15) is 0 Å². The van der Waals surface area contributed by atoms with Crippen molar-refractivity contribution in [2.75, 3.05) is 6.61 Å². The summed E-state index contributed by atoms with van der Waals surface area (Å²) in [7, 11) is 0. The Bertz CT molecular complexity index is 890. The Balaban J connectivity index is 1.85. The van der Waals surface area contributed by atoms with E-state index < -0.39 is 12.1 Å². The van der Waals surface area contributed by atoms with Crippen molar-refractivity contribution in [3.8, 4) is 11.5 Å². The number of Topliss-reactive ketones (excluding diaryl/α,β-unsaturated/α-hetero) is 1. The molecule has 136 valence electrons. The first-order valence-corrected chi connectivity index (χ1v) is 8.38. The fourth-order valence-electron chi connectivity index (χ4n) is 2.65. The van der Waals surface area contributed by atoms with Crippen molar-refractivity contribution in [1.82, 2.24) is 0 Å². The third kappa shape index (κ3) is 3.35. The van der Waals surface area contributed by atoms with Gasteiger partial charge in [0.1, 0.15) is 23.0 Å². The third-order valence-electron chi connectivity index (χ3n) is 3.99. The van der Waals surface area contributed by atoms with Gasteiger partial charge < -0.3 is 18.6 Å². The van der Waals surface area contributed by atoms with Gasteiger partial charge in [0.05, 0.1) is 12.2 Å². The molecule has 1 unspecified atom stereocenters. The Kier molecular flexibility index (Phi) is 4.84. The SMILES string of the molecule is CCOC(=O)C(C)Oc1ccc2c(c1C)O/C(=C\c1ccc(C)o1)C2=O. The molecule has 0 fully saturated rings. The molecule has 1 aliphatic rings. The number of esters is 1. The summed E-state index contributed by atoms with van der Waals surface area (Å²) in [5.74, 6) is 1.71. The van der Waals surface area contributed by atoms with Crippen LogP contribution in [0.3, 0.4) is 0 Å². The first kappa shape index (κ1) is 17.8. The second kappa shape index (κ2) is 7.07. The Morgan fingerprint density at radius 2 is 2.00 bits per heavy atom. The molecule has 1 aliphatic heterocycles. The average Bonchev–Trinajstić information content (AvgIpc) is 3.15. The van der Waals surface area contributed by atoms with Crippen LogP contribution in [0, 0.1) is 13.8 Å². The topological polar surface area (TPSA) is 75.0 Å². The van der Waals surface area contributed by atoms with Gasteiger partial charge in [-0.05, 0) is 52.0 Å². The molecule has 0 aliphatic carbocycles. The van der Waals surface area contributed by atoms with E-state index in [0.29, 0.717) is 28.4 Å². The number of ketones is 1. The summed E-state index contributed by atoms with van der Waals surface area (Å²) in [4.78, 5) is 24.3. The van der Waals surface area contributed by atoms with Crippen molar-refractivity contribution in [3.05, 3.63) is 52.7 Å². The highest BCUT2D eigenvalue weighted by Gasteiger charge is 2.31. The normalized spacial score (nSPS) is 15.5. The largest absolute Gasteiger partial charge is 0.479 e. The highest BCUT2D eigenvalue weighted by molar-refractivity contribution is 6.14. The summed E-state index contributed by atoms with van der Waals surface area (Å²) < 4.78 is 21.8. The molecule has 1 aromatic carbocycles. The third-order valence-corrected chi connectivity index (χ3v) is 3.99. The fourth-order valence-corrected chi connectivity index (χ4v) is 2.65. The molecule has 26 heavy (non-hydrogen) atoms. The van der Waals surface area contributed by atoms with E-state index in [-0.39, 0.29) is 18.1 Å². The molecule has 0 saturated heterocycles. The maximum Gasteiger partial charge on any atom is 0.347 e. The van der Waals surface area contributed by atoms with Gasteiger partial charge in [0.15, 0.2) is 11.9 Å². The lowest BCUT2D eigenvalue weighted by Crippen LogP contribution is -2.26. The summed E-state index contributed by atoms with van der Waals surface area (Å²) >= 11 is 0. The lowest BCUT2D eigenvalue weighted by molar-refractivity contribution is -0.150. The van der Waals surface area contributed by atoms with E-state index in [1.54, 1.807) is 45.0 Å². The van der Waals surface area contributed by atoms with Crippen LogP contribution in [0.25, 0.3) is 6.08 Å².